The molecule has 0 bridgehead atoms. The number of piperazine rings is 1. The van der Waals surface area contributed by atoms with E-state index in [1.807, 2.05) is 18.2 Å². The van der Waals surface area contributed by atoms with Gasteiger partial charge >= 0.3 is 0 Å². The lowest BCUT2D eigenvalue weighted by Gasteiger charge is -2.37. The molecule has 0 atom stereocenters. The third kappa shape index (κ3) is 2.39. The minimum atomic E-state index is -0.185. The van der Waals surface area contributed by atoms with Crippen LogP contribution in [-0.4, -0.2) is 36.1 Å². The topological polar surface area (TPSA) is 35.2 Å². The summed E-state index contributed by atoms with van der Waals surface area (Å²) in [5, 5.41) is 0. The summed E-state index contributed by atoms with van der Waals surface area (Å²) >= 11 is 0. The fraction of sp³-hybridized carbons (Fsp3) is 0.235. The van der Waals surface area contributed by atoms with Gasteiger partial charge in [-0.1, -0.05) is 0 Å². The first-order valence-corrected chi connectivity index (χ1v) is 7.48. The normalized spacial score (nSPS) is 15.5. The van der Waals surface area contributed by atoms with Crippen LogP contribution in [0, 0.1) is 5.82 Å². The van der Waals surface area contributed by atoms with E-state index in [9.17, 15) is 4.39 Å². The molecule has 0 spiro atoms. The van der Waals surface area contributed by atoms with Crippen LogP contribution in [0.5, 0.6) is 0 Å². The maximum Gasteiger partial charge on any atom is 0.123 e. The van der Waals surface area contributed by atoms with E-state index in [4.69, 9.17) is 0 Å². The number of H-pyrrole nitrogens is 1. The number of benzene rings is 2. The highest BCUT2D eigenvalue weighted by atomic mass is 19.1. The molecule has 1 N–H and O–H groups in total. The van der Waals surface area contributed by atoms with Crippen LogP contribution in [0.2, 0.25) is 0 Å². The molecular formula is C17H17FN4. The Morgan fingerprint density at radius 2 is 1.50 bits per heavy atom. The van der Waals surface area contributed by atoms with Crippen molar-refractivity contribution in [3.8, 4) is 0 Å². The molecule has 112 valence electrons. The van der Waals surface area contributed by atoms with E-state index in [0.29, 0.717) is 0 Å². The second-order valence-electron chi connectivity index (χ2n) is 5.55. The number of nitrogens with zero attached hydrogens (tertiary/aromatic N) is 3. The molecule has 0 unspecified atom stereocenters. The third-order valence-electron chi connectivity index (χ3n) is 4.24. The Morgan fingerprint density at radius 3 is 2.23 bits per heavy atom. The van der Waals surface area contributed by atoms with Crippen molar-refractivity contribution >= 4 is 22.4 Å². The van der Waals surface area contributed by atoms with Gasteiger partial charge in [-0.05, 0) is 42.5 Å². The molecule has 5 heteroatoms. The predicted molar refractivity (Wildman–Crippen MR) is 86.9 cm³/mol. The van der Waals surface area contributed by atoms with E-state index in [1.54, 1.807) is 6.33 Å². The van der Waals surface area contributed by atoms with Crippen molar-refractivity contribution < 1.29 is 4.39 Å². The molecule has 2 aromatic carbocycles. The first-order chi connectivity index (χ1) is 10.8. The quantitative estimate of drug-likeness (QED) is 0.789. The van der Waals surface area contributed by atoms with Gasteiger partial charge in [0.05, 0.1) is 17.4 Å². The van der Waals surface area contributed by atoms with Crippen molar-refractivity contribution in [3.05, 3.63) is 54.6 Å². The van der Waals surface area contributed by atoms with Crippen molar-refractivity contribution in [1.82, 2.24) is 9.97 Å². The van der Waals surface area contributed by atoms with Crippen LogP contribution in [-0.2, 0) is 0 Å². The first kappa shape index (κ1) is 13.1. The zero-order chi connectivity index (χ0) is 14.9. The average molecular weight is 296 g/mol. The molecule has 0 aliphatic carbocycles. The van der Waals surface area contributed by atoms with Gasteiger partial charge < -0.3 is 14.8 Å². The number of nitrogens with one attached hydrogen (secondary N) is 1. The minimum absolute atomic E-state index is 0.185. The molecule has 0 radical (unpaired) electrons. The van der Waals surface area contributed by atoms with Gasteiger partial charge in [0.2, 0.25) is 0 Å². The van der Waals surface area contributed by atoms with Gasteiger partial charge in [-0.15, -0.1) is 0 Å². The summed E-state index contributed by atoms with van der Waals surface area (Å²) in [4.78, 5) is 12.1. The van der Waals surface area contributed by atoms with E-state index in [-0.39, 0.29) is 5.82 Å². The largest absolute Gasteiger partial charge is 0.368 e. The monoisotopic (exact) mass is 296 g/mol. The lowest BCUT2D eigenvalue weighted by molar-refractivity contribution is 0.625. The van der Waals surface area contributed by atoms with Crippen LogP contribution >= 0.6 is 0 Å². The molecule has 1 aliphatic heterocycles. The van der Waals surface area contributed by atoms with Crippen LogP contribution in [0.4, 0.5) is 15.8 Å². The number of aromatic nitrogens is 2. The van der Waals surface area contributed by atoms with Crippen LogP contribution in [0.15, 0.2) is 48.8 Å². The van der Waals surface area contributed by atoms with Crippen molar-refractivity contribution in [2.45, 2.75) is 0 Å². The molecule has 4 nitrogen and oxygen atoms in total. The van der Waals surface area contributed by atoms with Gasteiger partial charge in [-0.25, -0.2) is 9.37 Å². The molecule has 4 rings (SSSR count). The van der Waals surface area contributed by atoms with Gasteiger partial charge in [-0.3, -0.25) is 0 Å². The lowest BCUT2D eigenvalue weighted by Crippen LogP contribution is -2.46. The number of aromatic amines is 1. The Kier molecular flexibility index (Phi) is 3.18. The maximum atomic E-state index is 13.0. The number of hydrogen-bond donors (Lipinski definition) is 1. The summed E-state index contributed by atoms with van der Waals surface area (Å²) in [6, 6.07) is 13.1. The first-order valence-electron chi connectivity index (χ1n) is 7.48. The van der Waals surface area contributed by atoms with Crippen LogP contribution in [0.3, 0.4) is 0 Å². The molecular weight excluding hydrogens is 279 g/mol. The number of hydrogen-bond acceptors (Lipinski definition) is 3. The van der Waals surface area contributed by atoms with E-state index < -0.39 is 0 Å². The molecule has 1 fully saturated rings. The Labute approximate surface area is 128 Å². The van der Waals surface area contributed by atoms with E-state index in [1.165, 1.54) is 17.8 Å². The highest BCUT2D eigenvalue weighted by molar-refractivity contribution is 5.79. The van der Waals surface area contributed by atoms with E-state index in [2.05, 4.69) is 31.9 Å². The Bertz CT molecular complexity index is 773. The van der Waals surface area contributed by atoms with Gasteiger partial charge in [0.25, 0.3) is 0 Å². The second kappa shape index (κ2) is 5.33. The van der Waals surface area contributed by atoms with Crippen LogP contribution in [0.25, 0.3) is 11.0 Å². The van der Waals surface area contributed by atoms with Crippen molar-refractivity contribution in [1.29, 1.82) is 0 Å². The van der Waals surface area contributed by atoms with E-state index in [0.717, 1.165) is 42.9 Å². The molecule has 1 saturated heterocycles. The summed E-state index contributed by atoms with van der Waals surface area (Å²) in [6.45, 7) is 3.79. The summed E-state index contributed by atoms with van der Waals surface area (Å²) in [6.07, 6.45) is 1.72. The van der Waals surface area contributed by atoms with Crippen molar-refractivity contribution in [2.75, 3.05) is 36.0 Å². The third-order valence-corrected chi connectivity index (χ3v) is 4.24. The zero-order valence-corrected chi connectivity index (χ0v) is 12.2. The molecule has 22 heavy (non-hydrogen) atoms. The number of fused-ring (bicyclic) bond motifs is 1. The smallest absolute Gasteiger partial charge is 0.123 e. The fourth-order valence-electron chi connectivity index (χ4n) is 3.00. The van der Waals surface area contributed by atoms with Crippen LogP contribution in [0.1, 0.15) is 0 Å². The number of halogens is 1. The van der Waals surface area contributed by atoms with Crippen LogP contribution < -0.4 is 9.80 Å². The summed E-state index contributed by atoms with van der Waals surface area (Å²) in [5.41, 5.74) is 4.37. The molecule has 1 aromatic heterocycles. The minimum Gasteiger partial charge on any atom is -0.368 e. The van der Waals surface area contributed by atoms with Gasteiger partial charge in [0.1, 0.15) is 5.82 Å². The Morgan fingerprint density at radius 1 is 0.864 bits per heavy atom. The molecule has 0 saturated carbocycles. The fourth-order valence-corrected chi connectivity index (χ4v) is 3.00. The second-order valence-corrected chi connectivity index (χ2v) is 5.55. The number of anilines is 2. The van der Waals surface area contributed by atoms with Gasteiger partial charge in [0.15, 0.2) is 0 Å². The number of imidazole rings is 1. The molecule has 0 amide bonds. The Balaban J connectivity index is 1.47. The van der Waals surface area contributed by atoms with Crippen molar-refractivity contribution in [2.24, 2.45) is 0 Å². The average Bonchev–Trinajstić information content (AvgIpc) is 3.03. The highest BCUT2D eigenvalue weighted by Gasteiger charge is 2.18. The van der Waals surface area contributed by atoms with Gasteiger partial charge in [0, 0.05) is 37.6 Å². The van der Waals surface area contributed by atoms with Gasteiger partial charge in [-0.2, -0.15) is 0 Å². The lowest BCUT2D eigenvalue weighted by atomic mass is 10.2. The molecule has 1 aliphatic rings. The van der Waals surface area contributed by atoms with Crippen molar-refractivity contribution in [3.63, 3.8) is 0 Å². The molecule has 2 heterocycles. The number of rotatable bonds is 2. The SMILES string of the molecule is Fc1ccc(N2CCN(c3ccc4nc[nH]c4c3)CC2)cc1. The zero-order valence-electron chi connectivity index (χ0n) is 12.2. The van der Waals surface area contributed by atoms with E-state index >= 15 is 0 Å². The standard InChI is InChI=1S/C17H17FN4/c18-13-1-3-14(4-2-13)21-7-9-22(10-8-21)15-5-6-16-17(11-15)20-12-19-16/h1-6,11-12H,7-10H2,(H,19,20). The molecule has 3 aromatic rings. The predicted octanol–water partition coefficient (Wildman–Crippen LogP) is 3.03. The summed E-state index contributed by atoms with van der Waals surface area (Å²) in [5.74, 6) is -0.185. The summed E-state index contributed by atoms with van der Waals surface area (Å²) in [7, 11) is 0. The Hall–Kier alpha value is -2.56. The maximum absolute atomic E-state index is 13.0. The highest BCUT2D eigenvalue weighted by Crippen LogP contribution is 2.23. The summed E-state index contributed by atoms with van der Waals surface area (Å²) < 4.78 is 13.0.